The van der Waals surface area contributed by atoms with E-state index in [1.807, 2.05) is 0 Å². The van der Waals surface area contributed by atoms with Gasteiger partial charge in [0.1, 0.15) is 5.75 Å². The quantitative estimate of drug-likeness (QED) is 0.685. The van der Waals surface area contributed by atoms with E-state index in [4.69, 9.17) is 4.74 Å². The van der Waals surface area contributed by atoms with E-state index < -0.39 is 11.0 Å². The molecule has 22 heavy (non-hydrogen) atoms. The van der Waals surface area contributed by atoms with Gasteiger partial charge in [0.2, 0.25) is 5.88 Å². The molecule has 0 aliphatic carbocycles. The number of hydrogen-bond acceptors (Lipinski definition) is 6. The molecule has 2 aromatic rings. The molecule has 1 N–H and O–H groups in total. The zero-order valence-electron chi connectivity index (χ0n) is 11.9. The summed E-state index contributed by atoms with van der Waals surface area (Å²) >= 11 is 0. The van der Waals surface area contributed by atoms with Crippen LogP contribution in [-0.4, -0.2) is 39.9 Å². The summed E-state index contributed by atoms with van der Waals surface area (Å²) < 4.78 is 5.41. The van der Waals surface area contributed by atoms with Gasteiger partial charge in [-0.05, 0) is 0 Å². The van der Waals surface area contributed by atoms with Gasteiger partial charge in [0, 0.05) is 38.6 Å². The molecule has 2 rings (SSSR count). The van der Waals surface area contributed by atoms with Gasteiger partial charge in [-0.25, -0.2) is 9.78 Å². The van der Waals surface area contributed by atoms with Crippen LogP contribution in [-0.2, 0) is 0 Å². The summed E-state index contributed by atoms with van der Waals surface area (Å²) in [6.45, 7) is 0. The maximum absolute atomic E-state index is 11.6. The summed E-state index contributed by atoms with van der Waals surface area (Å²) in [6, 6.07) is 3.53. The van der Waals surface area contributed by atoms with Crippen LogP contribution < -0.4 is 10.1 Å². The van der Waals surface area contributed by atoms with Crippen molar-refractivity contribution in [3.05, 3.63) is 46.9 Å². The second-order valence-corrected chi connectivity index (χ2v) is 4.44. The molecule has 0 bridgehead atoms. The molecule has 0 atom stereocenters. The van der Waals surface area contributed by atoms with Crippen LogP contribution in [0, 0.1) is 10.1 Å². The standard InChI is InChI=1S/C13H13N5O4/c1-17(2)13(19)16-9-5-10(18(20)21)7-11(6-9)22-12-8-14-3-4-15-12/h3-8H,1-2H3,(H,16,19). The predicted molar refractivity (Wildman–Crippen MR) is 77.9 cm³/mol. The molecular weight excluding hydrogens is 290 g/mol. The minimum absolute atomic E-state index is 0.170. The summed E-state index contributed by atoms with van der Waals surface area (Å²) in [5.41, 5.74) is 0.0298. The lowest BCUT2D eigenvalue weighted by Gasteiger charge is -2.12. The number of nitro groups is 1. The number of nitrogens with zero attached hydrogens (tertiary/aromatic N) is 4. The number of nitrogens with one attached hydrogen (secondary N) is 1. The largest absolute Gasteiger partial charge is 0.437 e. The molecule has 0 saturated carbocycles. The number of amides is 2. The van der Waals surface area contributed by atoms with E-state index in [1.54, 1.807) is 14.1 Å². The van der Waals surface area contributed by atoms with Crippen molar-refractivity contribution in [3.8, 4) is 11.6 Å². The van der Waals surface area contributed by atoms with E-state index in [-0.39, 0.29) is 23.0 Å². The van der Waals surface area contributed by atoms with Gasteiger partial charge in [-0.3, -0.25) is 15.1 Å². The van der Waals surface area contributed by atoms with Crippen molar-refractivity contribution in [1.82, 2.24) is 14.9 Å². The van der Waals surface area contributed by atoms with Crippen LogP contribution in [0.1, 0.15) is 0 Å². The van der Waals surface area contributed by atoms with Crippen molar-refractivity contribution in [2.45, 2.75) is 0 Å². The van der Waals surface area contributed by atoms with Crippen LogP contribution in [0.25, 0.3) is 0 Å². The molecular formula is C13H13N5O4. The minimum atomic E-state index is -0.575. The molecule has 2 amide bonds. The number of urea groups is 1. The Morgan fingerprint density at radius 3 is 2.68 bits per heavy atom. The lowest BCUT2D eigenvalue weighted by molar-refractivity contribution is -0.384. The van der Waals surface area contributed by atoms with Gasteiger partial charge in [0.05, 0.1) is 22.9 Å². The molecule has 1 aromatic carbocycles. The van der Waals surface area contributed by atoms with Crippen LogP contribution in [0.2, 0.25) is 0 Å². The third-order valence-corrected chi connectivity index (χ3v) is 2.52. The summed E-state index contributed by atoms with van der Waals surface area (Å²) in [6.07, 6.45) is 4.28. The number of aromatic nitrogens is 2. The van der Waals surface area contributed by atoms with Crippen molar-refractivity contribution >= 4 is 17.4 Å². The highest BCUT2D eigenvalue weighted by Crippen LogP contribution is 2.28. The SMILES string of the molecule is CN(C)C(=O)Nc1cc(Oc2cnccn2)cc([N+](=O)[O-])c1. The maximum atomic E-state index is 11.6. The number of ether oxygens (including phenoxy) is 1. The first-order valence-electron chi connectivity index (χ1n) is 6.17. The first-order chi connectivity index (χ1) is 10.5. The summed E-state index contributed by atoms with van der Waals surface area (Å²) in [4.78, 5) is 31.1. The first-order valence-corrected chi connectivity index (χ1v) is 6.17. The zero-order chi connectivity index (χ0) is 16.1. The highest BCUT2D eigenvalue weighted by molar-refractivity contribution is 5.89. The third-order valence-electron chi connectivity index (χ3n) is 2.52. The number of hydrogen-bond donors (Lipinski definition) is 1. The van der Waals surface area contributed by atoms with Crippen molar-refractivity contribution < 1.29 is 14.5 Å². The highest BCUT2D eigenvalue weighted by atomic mass is 16.6. The molecule has 9 nitrogen and oxygen atoms in total. The second-order valence-electron chi connectivity index (χ2n) is 4.44. The van der Waals surface area contributed by atoms with Crippen LogP contribution in [0.5, 0.6) is 11.6 Å². The van der Waals surface area contributed by atoms with E-state index in [0.717, 1.165) is 0 Å². The second kappa shape index (κ2) is 6.48. The zero-order valence-corrected chi connectivity index (χ0v) is 11.9. The number of non-ortho nitro benzene ring substituents is 1. The van der Waals surface area contributed by atoms with Crippen molar-refractivity contribution in [2.75, 3.05) is 19.4 Å². The Balaban J connectivity index is 2.31. The van der Waals surface area contributed by atoms with Crippen molar-refractivity contribution in [3.63, 3.8) is 0 Å². The fourth-order valence-electron chi connectivity index (χ4n) is 1.51. The molecule has 0 radical (unpaired) electrons. The van der Waals surface area contributed by atoms with E-state index >= 15 is 0 Å². The number of carbonyl (C=O) groups is 1. The van der Waals surface area contributed by atoms with Gasteiger partial charge >= 0.3 is 6.03 Å². The van der Waals surface area contributed by atoms with Gasteiger partial charge < -0.3 is 15.0 Å². The van der Waals surface area contributed by atoms with E-state index in [0.29, 0.717) is 0 Å². The number of nitro benzene ring substituents is 1. The van der Waals surface area contributed by atoms with Gasteiger partial charge in [0.25, 0.3) is 5.69 Å². The number of anilines is 1. The molecule has 0 spiro atoms. The fraction of sp³-hybridized carbons (Fsp3) is 0.154. The third kappa shape index (κ3) is 3.88. The topological polar surface area (TPSA) is 110 Å². The summed E-state index contributed by atoms with van der Waals surface area (Å²) in [5.74, 6) is 0.358. The Hall–Kier alpha value is -3.23. The smallest absolute Gasteiger partial charge is 0.321 e. The average molecular weight is 303 g/mol. The number of rotatable bonds is 4. The van der Waals surface area contributed by atoms with Crippen LogP contribution in [0.15, 0.2) is 36.8 Å². The lowest BCUT2D eigenvalue weighted by atomic mass is 10.2. The van der Waals surface area contributed by atoms with Crippen molar-refractivity contribution in [1.29, 1.82) is 0 Å². The molecule has 114 valence electrons. The Bertz CT molecular complexity index is 690. The van der Waals surface area contributed by atoms with Crippen LogP contribution >= 0.6 is 0 Å². The predicted octanol–water partition coefficient (Wildman–Crippen LogP) is 2.27. The Kier molecular flexibility index (Phi) is 4.47. The van der Waals surface area contributed by atoms with Crippen LogP contribution in [0.3, 0.4) is 0 Å². The molecule has 0 unspecified atom stereocenters. The molecule has 9 heteroatoms. The van der Waals surface area contributed by atoms with Crippen molar-refractivity contribution in [2.24, 2.45) is 0 Å². The Labute approximate surface area is 125 Å². The summed E-state index contributed by atoms with van der Waals surface area (Å²) in [7, 11) is 3.12. The van der Waals surface area contributed by atoms with Gasteiger partial charge in [-0.15, -0.1) is 0 Å². The number of carbonyl (C=O) groups excluding carboxylic acids is 1. The molecule has 1 aromatic heterocycles. The molecule has 0 saturated heterocycles. The number of benzene rings is 1. The lowest BCUT2D eigenvalue weighted by Crippen LogP contribution is -2.27. The molecule has 0 aliphatic heterocycles. The average Bonchev–Trinajstić information content (AvgIpc) is 2.47. The molecule has 1 heterocycles. The Morgan fingerprint density at radius 1 is 1.32 bits per heavy atom. The van der Waals surface area contributed by atoms with Gasteiger partial charge in [-0.1, -0.05) is 0 Å². The fourth-order valence-corrected chi connectivity index (χ4v) is 1.51. The van der Waals surface area contributed by atoms with E-state index in [2.05, 4.69) is 15.3 Å². The molecule has 0 fully saturated rings. The first kappa shape index (κ1) is 15.2. The van der Waals surface area contributed by atoms with Gasteiger partial charge in [0.15, 0.2) is 0 Å². The van der Waals surface area contributed by atoms with E-state index in [9.17, 15) is 14.9 Å². The molecule has 0 aliphatic rings. The van der Waals surface area contributed by atoms with Gasteiger partial charge in [-0.2, -0.15) is 0 Å². The summed E-state index contributed by atoms with van der Waals surface area (Å²) in [5, 5.41) is 13.5. The Morgan fingerprint density at radius 2 is 2.09 bits per heavy atom. The van der Waals surface area contributed by atoms with Crippen LogP contribution in [0.4, 0.5) is 16.2 Å². The monoisotopic (exact) mass is 303 g/mol. The minimum Gasteiger partial charge on any atom is -0.437 e. The normalized spacial score (nSPS) is 9.91. The maximum Gasteiger partial charge on any atom is 0.321 e. The van der Waals surface area contributed by atoms with E-state index in [1.165, 1.54) is 41.7 Å². The highest BCUT2D eigenvalue weighted by Gasteiger charge is 2.14.